The first kappa shape index (κ1) is 31.3. The van der Waals surface area contributed by atoms with Crippen LogP contribution in [0.25, 0.3) is 60.9 Å². The minimum absolute atomic E-state index is 1.10. The third-order valence-electron chi connectivity index (χ3n) is 10.1. The summed E-state index contributed by atoms with van der Waals surface area (Å²) in [7, 11) is 0. The summed E-state index contributed by atoms with van der Waals surface area (Å²) in [5.74, 6) is 0. The van der Waals surface area contributed by atoms with E-state index in [2.05, 4.69) is 217 Å². The first-order chi connectivity index (χ1) is 25.6. The van der Waals surface area contributed by atoms with Crippen molar-refractivity contribution in [1.29, 1.82) is 0 Å². The van der Waals surface area contributed by atoms with Gasteiger partial charge in [0, 0.05) is 27.6 Å². The zero-order valence-corrected chi connectivity index (χ0v) is 29.4. The highest BCUT2D eigenvalue weighted by Crippen LogP contribution is 2.47. The Morgan fingerprint density at radius 2 is 0.981 bits per heavy atom. The molecule has 2 heteroatoms. The van der Waals surface area contributed by atoms with Crippen LogP contribution in [0.2, 0.25) is 0 Å². The van der Waals surface area contributed by atoms with Gasteiger partial charge >= 0.3 is 0 Å². The Kier molecular flexibility index (Phi) is 7.98. The molecule has 1 aromatic heterocycles. The molecule has 0 radical (unpaired) electrons. The van der Waals surface area contributed by atoms with Gasteiger partial charge in [0.1, 0.15) is 0 Å². The Balaban J connectivity index is 1.33. The second-order valence-corrected chi connectivity index (χ2v) is 13.5. The van der Waals surface area contributed by atoms with Crippen molar-refractivity contribution in [2.24, 2.45) is 0 Å². The molecule has 9 aromatic rings. The zero-order chi connectivity index (χ0) is 35.0. The molecule has 0 fully saturated rings. The summed E-state index contributed by atoms with van der Waals surface area (Å²) in [6, 6.07) is 70.4. The highest BCUT2D eigenvalue weighted by molar-refractivity contribution is 6.17. The molecule has 8 aromatic carbocycles. The average Bonchev–Trinajstić information content (AvgIpc) is 3.54. The molecule has 248 valence electrons. The number of nitrogens with zero attached hydrogens (tertiary/aromatic N) is 2. The highest BCUT2D eigenvalue weighted by atomic mass is 15.2. The van der Waals surface area contributed by atoms with Crippen molar-refractivity contribution in [3.8, 4) is 39.1 Å². The lowest BCUT2D eigenvalue weighted by atomic mass is 9.99. The van der Waals surface area contributed by atoms with Crippen LogP contribution in [0.15, 0.2) is 194 Å². The van der Waals surface area contributed by atoms with Gasteiger partial charge in [-0.2, -0.15) is 0 Å². The van der Waals surface area contributed by atoms with E-state index < -0.39 is 0 Å². The number of hydrogen-bond donors (Lipinski definition) is 0. The molecule has 2 nitrogen and oxygen atoms in total. The third kappa shape index (κ3) is 5.55. The summed E-state index contributed by atoms with van der Waals surface area (Å²) >= 11 is 0. The quantitative estimate of drug-likeness (QED) is 0.164. The fourth-order valence-electron chi connectivity index (χ4n) is 7.70. The molecule has 0 aliphatic carbocycles. The van der Waals surface area contributed by atoms with Crippen LogP contribution in [0.3, 0.4) is 0 Å². The average molecular weight is 667 g/mol. The zero-order valence-electron chi connectivity index (χ0n) is 29.4. The maximum absolute atomic E-state index is 2.47. The molecule has 0 saturated carbocycles. The summed E-state index contributed by atoms with van der Waals surface area (Å²) in [5.41, 5.74) is 16.6. The first-order valence-electron chi connectivity index (χ1n) is 17.9. The van der Waals surface area contributed by atoms with Crippen molar-refractivity contribution in [3.05, 3.63) is 205 Å². The maximum atomic E-state index is 2.47. The number of benzene rings is 8. The molecule has 0 N–H and O–H groups in total. The summed E-state index contributed by atoms with van der Waals surface area (Å²) in [4.78, 5) is 2.45. The van der Waals surface area contributed by atoms with Crippen molar-refractivity contribution in [1.82, 2.24) is 4.57 Å². The molecule has 0 aliphatic heterocycles. The monoisotopic (exact) mass is 666 g/mol. The van der Waals surface area contributed by atoms with E-state index in [-0.39, 0.29) is 0 Å². The lowest BCUT2D eigenvalue weighted by molar-refractivity contribution is 1.17. The smallest absolute Gasteiger partial charge is 0.0562 e. The molecule has 0 atom stereocenters. The van der Waals surface area contributed by atoms with E-state index in [9.17, 15) is 0 Å². The Labute approximate surface area is 305 Å². The summed E-state index contributed by atoms with van der Waals surface area (Å²) in [6.45, 7) is 4.35. The Bertz CT molecular complexity index is 2690. The largest absolute Gasteiger partial charge is 0.309 e. The second-order valence-electron chi connectivity index (χ2n) is 13.5. The predicted octanol–water partition coefficient (Wildman–Crippen LogP) is 13.9. The van der Waals surface area contributed by atoms with Crippen molar-refractivity contribution in [2.75, 3.05) is 4.90 Å². The SMILES string of the molecule is Cc1cccc(-c2ccc(C)cc2-n2c3ccccc3c3c(N(c4ccc(-c5ccccc5)cc4)c4ccccc4-c4ccccc4)cccc32)c1. The number of aryl methyl sites for hydroxylation is 2. The van der Waals surface area contributed by atoms with Crippen LogP contribution in [0, 0.1) is 13.8 Å². The molecular formula is C50H38N2. The summed E-state index contributed by atoms with van der Waals surface area (Å²) < 4.78 is 2.47. The molecular weight excluding hydrogens is 629 g/mol. The van der Waals surface area contributed by atoms with Crippen LogP contribution in [-0.2, 0) is 0 Å². The molecule has 52 heavy (non-hydrogen) atoms. The predicted molar refractivity (Wildman–Crippen MR) is 221 cm³/mol. The van der Waals surface area contributed by atoms with E-state index in [4.69, 9.17) is 0 Å². The standard InChI is InChI=1S/C50H38N2/c1-35-15-13-20-40(33-35)43-32-27-36(2)34-49(43)52-46-24-12-10-22-44(46)50-47(25-14-26-48(50)52)51(41-30-28-38(29-31-41)37-16-5-3-6-17-37)45-23-11-9-21-42(45)39-18-7-4-8-19-39/h3-34H,1-2H3. The van der Waals surface area contributed by atoms with E-state index in [1.54, 1.807) is 0 Å². The highest BCUT2D eigenvalue weighted by Gasteiger charge is 2.24. The molecule has 9 rings (SSSR count). The van der Waals surface area contributed by atoms with Crippen molar-refractivity contribution in [3.63, 3.8) is 0 Å². The molecule has 1 heterocycles. The van der Waals surface area contributed by atoms with Crippen molar-refractivity contribution < 1.29 is 0 Å². The Morgan fingerprint density at radius 1 is 0.385 bits per heavy atom. The van der Waals surface area contributed by atoms with E-state index in [0.29, 0.717) is 0 Å². The minimum atomic E-state index is 1.10. The van der Waals surface area contributed by atoms with Gasteiger partial charge in [0.2, 0.25) is 0 Å². The van der Waals surface area contributed by atoms with Gasteiger partial charge in [-0.15, -0.1) is 0 Å². The van der Waals surface area contributed by atoms with Gasteiger partial charge in [-0.25, -0.2) is 0 Å². The van der Waals surface area contributed by atoms with Crippen molar-refractivity contribution in [2.45, 2.75) is 13.8 Å². The molecule has 0 unspecified atom stereocenters. The molecule has 0 bridgehead atoms. The lowest BCUT2D eigenvalue weighted by Crippen LogP contribution is -2.11. The topological polar surface area (TPSA) is 8.17 Å². The van der Waals surface area contributed by atoms with Crippen LogP contribution in [0.4, 0.5) is 17.1 Å². The fourth-order valence-corrected chi connectivity index (χ4v) is 7.70. The van der Waals surface area contributed by atoms with Crippen molar-refractivity contribution >= 4 is 38.9 Å². The molecule has 0 spiro atoms. The van der Waals surface area contributed by atoms with Gasteiger partial charge < -0.3 is 9.47 Å². The van der Waals surface area contributed by atoms with E-state index in [0.717, 1.165) is 17.1 Å². The van der Waals surface area contributed by atoms with Crippen LogP contribution in [0.1, 0.15) is 11.1 Å². The lowest BCUT2D eigenvalue weighted by Gasteiger charge is -2.29. The normalized spacial score (nSPS) is 11.3. The molecule has 0 amide bonds. The number of anilines is 3. The third-order valence-corrected chi connectivity index (χ3v) is 10.1. The van der Waals surface area contributed by atoms with Crippen LogP contribution in [0.5, 0.6) is 0 Å². The van der Waals surface area contributed by atoms with Gasteiger partial charge in [0.05, 0.1) is 28.1 Å². The van der Waals surface area contributed by atoms with E-state index >= 15 is 0 Å². The van der Waals surface area contributed by atoms with Crippen LogP contribution >= 0.6 is 0 Å². The van der Waals surface area contributed by atoms with Crippen LogP contribution < -0.4 is 4.90 Å². The first-order valence-corrected chi connectivity index (χ1v) is 17.9. The number of hydrogen-bond acceptors (Lipinski definition) is 1. The Morgan fingerprint density at radius 3 is 1.77 bits per heavy atom. The number of aromatic nitrogens is 1. The second kappa shape index (κ2) is 13.2. The molecule has 0 saturated heterocycles. The van der Waals surface area contributed by atoms with Gasteiger partial charge in [-0.1, -0.05) is 157 Å². The number of rotatable bonds is 7. The van der Waals surface area contributed by atoms with Gasteiger partial charge in [-0.3, -0.25) is 0 Å². The molecule has 0 aliphatic rings. The summed E-state index contributed by atoms with van der Waals surface area (Å²) in [6.07, 6.45) is 0. The maximum Gasteiger partial charge on any atom is 0.0562 e. The fraction of sp³-hybridized carbons (Fsp3) is 0.0400. The van der Waals surface area contributed by atoms with Gasteiger partial charge in [-0.05, 0) is 84.1 Å². The van der Waals surface area contributed by atoms with Gasteiger partial charge in [0.25, 0.3) is 0 Å². The van der Waals surface area contributed by atoms with E-state index in [1.165, 1.54) is 72.0 Å². The number of para-hydroxylation sites is 2. The number of fused-ring (bicyclic) bond motifs is 3. The van der Waals surface area contributed by atoms with Gasteiger partial charge in [0.15, 0.2) is 0 Å². The van der Waals surface area contributed by atoms with Crippen LogP contribution in [-0.4, -0.2) is 4.57 Å². The summed E-state index contributed by atoms with van der Waals surface area (Å²) in [5, 5.41) is 2.43. The Hall–Kier alpha value is -6.64. The minimum Gasteiger partial charge on any atom is -0.309 e. The van der Waals surface area contributed by atoms with E-state index in [1.807, 2.05) is 0 Å².